The van der Waals surface area contributed by atoms with Gasteiger partial charge in [0.2, 0.25) is 0 Å². The Bertz CT molecular complexity index is 307. The molecule has 4 N–H and O–H groups in total. The summed E-state index contributed by atoms with van der Waals surface area (Å²) in [4.78, 5) is 3.87. The van der Waals surface area contributed by atoms with E-state index in [0.29, 0.717) is 5.82 Å². The summed E-state index contributed by atoms with van der Waals surface area (Å²) in [5.74, 6) is 0.403. The third-order valence-electron chi connectivity index (χ3n) is 1.58. The summed E-state index contributed by atoms with van der Waals surface area (Å²) in [6.07, 6.45) is 1.85. The third kappa shape index (κ3) is 2.90. The van der Waals surface area contributed by atoms with Gasteiger partial charge in [-0.25, -0.2) is 4.98 Å². The van der Waals surface area contributed by atoms with Crippen molar-refractivity contribution in [3.05, 3.63) is 23.9 Å². The molecule has 1 atom stereocenters. The van der Waals surface area contributed by atoms with Crippen LogP contribution in [0.3, 0.4) is 0 Å². The van der Waals surface area contributed by atoms with Gasteiger partial charge in [0.25, 0.3) is 0 Å². The first kappa shape index (κ1) is 11.7. The highest BCUT2D eigenvalue weighted by molar-refractivity contribution is 5.85. The molecule has 1 rings (SSSR count). The molecule has 0 aliphatic rings. The lowest BCUT2D eigenvalue weighted by atomic mass is 10.1. The summed E-state index contributed by atoms with van der Waals surface area (Å²) < 4.78 is 0. The van der Waals surface area contributed by atoms with Crippen LogP contribution in [0.25, 0.3) is 0 Å². The Morgan fingerprint density at radius 2 is 2.31 bits per heavy atom. The van der Waals surface area contributed by atoms with Gasteiger partial charge < -0.3 is 11.5 Å². The zero-order chi connectivity index (χ0) is 8.97. The van der Waals surface area contributed by atoms with Gasteiger partial charge in [-0.2, -0.15) is 5.26 Å². The lowest BCUT2D eigenvalue weighted by Crippen LogP contribution is -2.12. The average Bonchev–Trinajstić information content (AvgIpc) is 2.05. The molecule has 5 heteroatoms. The highest BCUT2D eigenvalue weighted by Crippen LogP contribution is 2.17. The molecule has 0 saturated carbocycles. The second-order valence-electron chi connectivity index (χ2n) is 2.45. The SMILES string of the molecule is Cl.N#CC[C@H](N)c1cccnc1N. The fraction of sp³-hybridized carbons (Fsp3) is 0.250. The van der Waals surface area contributed by atoms with E-state index in [0.717, 1.165) is 5.56 Å². The Kier molecular flexibility index (Phi) is 4.82. The summed E-state index contributed by atoms with van der Waals surface area (Å²) in [6.45, 7) is 0. The first-order valence-electron chi connectivity index (χ1n) is 3.58. The first-order valence-corrected chi connectivity index (χ1v) is 3.58. The maximum absolute atomic E-state index is 8.40. The van der Waals surface area contributed by atoms with E-state index in [1.54, 1.807) is 18.3 Å². The van der Waals surface area contributed by atoms with Crippen LogP contribution in [-0.2, 0) is 0 Å². The van der Waals surface area contributed by atoms with Crippen LogP contribution in [0.1, 0.15) is 18.0 Å². The summed E-state index contributed by atoms with van der Waals surface area (Å²) >= 11 is 0. The minimum Gasteiger partial charge on any atom is -0.383 e. The summed E-state index contributed by atoms with van der Waals surface area (Å²) in [7, 11) is 0. The van der Waals surface area contributed by atoms with Gasteiger partial charge in [-0.15, -0.1) is 12.4 Å². The number of nitrogens with two attached hydrogens (primary N) is 2. The van der Waals surface area contributed by atoms with Crippen LogP contribution < -0.4 is 11.5 Å². The molecular formula is C8H11ClN4. The van der Waals surface area contributed by atoms with Crippen molar-refractivity contribution >= 4 is 18.2 Å². The summed E-state index contributed by atoms with van der Waals surface area (Å²) in [6, 6.07) is 5.19. The highest BCUT2D eigenvalue weighted by Gasteiger charge is 2.08. The Hall–Kier alpha value is -1.31. The van der Waals surface area contributed by atoms with Gasteiger partial charge in [0.15, 0.2) is 0 Å². The maximum atomic E-state index is 8.40. The fourth-order valence-electron chi connectivity index (χ4n) is 0.952. The number of nitrogen functional groups attached to an aromatic ring is 1. The Morgan fingerprint density at radius 1 is 1.62 bits per heavy atom. The molecule has 1 aromatic rings. The average molecular weight is 199 g/mol. The van der Waals surface area contributed by atoms with Crippen molar-refractivity contribution in [3.8, 4) is 6.07 Å². The second-order valence-corrected chi connectivity index (χ2v) is 2.45. The molecule has 0 spiro atoms. The summed E-state index contributed by atoms with van der Waals surface area (Å²) in [5.41, 5.74) is 12.0. The van der Waals surface area contributed by atoms with Crippen molar-refractivity contribution in [2.24, 2.45) is 5.73 Å². The van der Waals surface area contributed by atoms with Crippen molar-refractivity contribution in [3.63, 3.8) is 0 Å². The van der Waals surface area contributed by atoms with Crippen molar-refractivity contribution in [1.82, 2.24) is 4.98 Å². The monoisotopic (exact) mass is 198 g/mol. The van der Waals surface area contributed by atoms with E-state index < -0.39 is 0 Å². The molecule has 0 radical (unpaired) electrons. The molecule has 0 aliphatic heterocycles. The van der Waals surface area contributed by atoms with Gasteiger partial charge in [-0.1, -0.05) is 6.07 Å². The number of nitrogens with zero attached hydrogens (tertiary/aromatic N) is 2. The van der Waals surface area contributed by atoms with Crippen LogP contribution in [0.4, 0.5) is 5.82 Å². The van der Waals surface area contributed by atoms with Crippen LogP contribution in [0.2, 0.25) is 0 Å². The number of pyridine rings is 1. The Balaban J connectivity index is 0.00000144. The molecule has 0 fully saturated rings. The van der Waals surface area contributed by atoms with Crippen LogP contribution >= 0.6 is 12.4 Å². The number of anilines is 1. The van der Waals surface area contributed by atoms with Gasteiger partial charge in [0.05, 0.1) is 12.5 Å². The van der Waals surface area contributed by atoms with Crippen LogP contribution in [0.15, 0.2) is 18.3 Å². The van der Waals surface area contributed by atoms with Gasteiger partial charge in [0, 0.05) is 17.8 Å². The normalized spacial score (nSPS) is 11.1. The molecule has 1 heterocycles. The van der Waals surface area contributed by atoms with Gasteiger partial charge in [-0.05, 0) is 6.07 Å². The topological polar surface area (TPSA) is 88.7 Å². The fourth-order valence-corrected chi connectivity index (χ4v) is 0.952. The van der Waals surface area contributed by atoms with Crippen LogP contribution in [-0.4, -0.2) is 4.98 Å². The number of halogens is 1. The Labute approximate surface area is 83.0 Å². The van der Waals surface area contributed by atoms with Crippen molar-refractivity contribution in [2.75, 3.05) is 5.73 Å². The standard InChI is InChI=1S/C8H10N4.ClH/c9-4-3-7(10)6-2-1-5-12-8(6)11;/h1-2,5,7H,3,10H2,(H2,11,12);1H/t7-;/m0./s1. The number of hydrogen-bond donors (Lipinski definition) is 2. The molecule has 0 aromatic carbocycles. The van der Waals surface area contributed by atoms with Crippen LogP contribution in [0, 0.1) is 11.3 Å². The predicted octanol–water partition coefficient (Wildman–Crippen LogP) is 0.999. The molecule has 0 bridgehead atoms. The smallest absolute Gasteiger partial charge is 0.128 e. The molecular weight excluding hydrogens is 188 g/mol. The van der Waals surface area contributed by atoms with Gasteiger partial charge >= 0.3 is 0 Å². The lowest BCUT2D eigenvalue weighted by Gasteiger charge is -2.08. The molecule has 70 valence electrons. The van der Waals surface area contributed by atoms with E-state index in [9.17, 15) is 0 Å². The van der Waals surface area contributed by atoms with E-state index in [4.69, 9.17) is 16.7 Å². The first-order chi connectivity index (χ1) is 5.75. The number of nitriles is 1. The zero-order valence-electron chi connectivity index (χ0n) is 6.97. The third-order valence-corrected chi connectivity index (χ3v) is 1.58. The lowest BCUT2D eigenvalue weighted by molar-refractivity contribution is 0.747. The molecule has 1 aromatic heterocycles. The maximum Gasteiger partial charge on any atom is 0.128 e. The van der Waals surface area contributed by atoms with Crippen molar-refractivity contribution < 1.29 is 0 Å². The Morgan fingerprint density at radius 3 is 2.85 bits per heavy atom. The number of hydrogen-bond acceptors (Lipinski definition) is 4. The number of rotatable bonds is 2. The van der Waals surface area contributed by atoms with Crippen LogP contribution in [0.5, 0.6) is 0 Å². The molecule has 13 heavy (non-hydrogen) atoms. The van der Waals surface area contributed by atoms with E-state index in [1.807, 2.05) is 6.07 Å². The largest absolute Gasteiger partial charge is 0.383 e. The molecule has 0 unspecified atom stereocenters. The minimum atomic E-state index is -0.330. The molecule has 0 amide bonds. The zero-order valence-corrected chi connectivity index (χ0v) is 7.79. The number of aromatic nitrogens is 1. The quantitative estimate of drug-likeness (QED) is 0.742. The molecule has 0 aliphatic carbocycles. The molecule has 0 saturated heterocycles. The molecule has 4 nitrogen and oxygen atoms in total. The predicted molar refractivity (Wildman–Crippen MR) is 53.1 cm³/mol. The van der Waals surface area contributed by atoms with E-state index in [-0.39, 0.29) is 24.9 Å². The van der Waals surface area contributed by atoms with Crippen molar-refractivity contribution in [2.45, 2.75) is 12.5 Å². The van der Waals surface area contributed by atoms with E-state index >= 15 is 0 Å². The highest BCUT2D eigenvalue weighted by atomic mass is 35.5. The minimum absolute atomic E-state index is 0. The van der Waals surface area contributed by atoms with E-state index in [2.05, 4.69) is 4.98 Å². The van der Waals surface area contributed by atoms with Crippen molar-refractivity contribution in [1.29, 1.82) is 5.26 Å². The van der Waals surface area contributed by atoms with Gasteiger partial charge in [0.1, 0.15) is 5.82 Å². The second kappa shape index (κ2) is 5.36. The van der Waals surface area contributed by atoms with E-state index in [1.165, 1.54) is 0 Å². The summed E-state index contributed by atoms with van der Waals surface area (Å²) in [5, 5.41) is 8.40. The van der Waals surface area contributed by atoms with Gasteiger partial charge in [-0.3, -0.25) is 0 Å².